The Balaban J connectivity index is 2.36. The molecule has 1 amide bonds. The van der Waals surface area contributed by atoms with E-state index in [9.17, 15) is 4.79 Å². The first-order valence-corrected chi connectivity index (χ1v) is 5.93. The summed E-state index contributed by atoms with van der Waals surface area (Å²) in [5, 5.41) is 0. The van der Waals surface area contributed by atoms with Crippen LogP contribution in [0.2, 0.25) is 0 Å². The van der Waals surface area contributed by atoms with Gasteiger partial charge < -0.3 is 16.4 Å². The van der Waals surface area contributed by atoms with E-state index in [0.717, 1.165) is 18.8 Å². The van der Waals surface area contributed by atoms with Crippen LogP contribution in [0, 0.1) is 11.8 Å². The van der Waals surface area contributed by atoms with Gasteiger partial charge in [0.1, 0.15) is 0 Å². The lowest BCUT2D eigenvalue weighted by molar-refractivity contribution is 0.100. The number of benzene rings is 1. The SMILES string of the molecule is CC1CN(c2ccc(N)cc2C(N)=O)CC1C. The second-order valence-electron chi connectivity index (χ2n) is 5.00. The van der Waals surface area contributed by atoms with Crippen molar-refractivity contribution in [1.29, 1.82) is 0 Å². The molecule has 0 saturated carbocycles. The zero-order valence-electron chi connectivity index (χ0n) is 10.3. The summed E-state index contributed by atoms with van der Waals surface area (Å²) in [7, 11) is 0. The molecule has 2 atom stereocenters. The van der Waals surface area contributed by atoms with Gasteiger partial charge in [-0.2, -0.15) is 0 Å². The van der Waals surface area contributed by atoms with E-state index in [0.29, 0.717) is 23.1 Å². The van der Waals surface area contributed by atoms with Gasteiger partial charge in [-0.1, -0.05) is 13.8 Å². The summed E-state index contributed by atoms with van der Waals surface area (Å²) in [5.74, 6) is 0.848. The molecule has 4 heteroatoms. The zero-order chi connectivity index (χ0) is 12.6. The number of primary amides is 1. The fourth-order valence-electron chi connectivity index (χ4n) is 2.35. The third-order valence-corrected chi connectivity index (χ3v) is 3.61. The molecule has 92 valence electrons. The van der Waals surface area contributed by atoms with Gasteiger partial charge in [0.2, 0.25) is 0 Å². The second kappa shape index (κ2) is 4.28. The smallest absolute Gasteiger partial charge is 0.250 e. The number of rotatable bonds is 2. The maximum atomic E-state index is 11.4. The van der Waals surface area contributed by atoms with Crippen LogP contribution in [0.5, 0.6) is 0 Å². The van der Waals surface area contributed by atoms with Crippen LogP contribution >= 0.6 is 0 Å². The summed E-state index contributed by atoms with van der Waals surface area (Å²) in [6.07, 6.45) is 0. The van der Waals surface area contributed by atoms with Gasteiger partial charge in [-0.15, -0.1) is 0 Å². The highest BCUT2D eigenvalue weighted by Crippen LogP contribution is 2.30. The van der Waals surface area contributed by atoms with E-state index in [-0.39, 0.29) is 0 Å². The summed E-state index contributed by atoms with van der Waals surface area (Å²) in [6.45, 7) is 6.38. The second-order valence-corrected chi connectivity index (χ2v) is 5.00. The molecule has 4 N–H and O–H groups in total. The number of anilines is 2. The molecule has 1 aromatic carbocycles. The van der Waals surface area contributed by atoms with E-state index in [2.05, 4.69) is 18.7 Å². The number of nitrogen functional groups attached to an aromatic ring is 1. The zero-order valence-corrected chi connectivity index (χ0v) is 10.3. The quantitative estimate of drug-likeness (QED) is 0.760. The van der Waals surface area contributed by atoms with Crippen molar-refractivity contribution < 1.29 is 4.79 Å². The molecule has 1 saturated heterocycles. The Morgan fingerprint density at radius 1 is 1.29 bits per heavy atom. The highest BCUT2D eigenvalue weighted by Gasteiger charge is 2.28. The van der Waals surface area contributed by atoms with Crippen LogP contribution in [0.3, 0.4) is 0 Å². The van der Waals surface area contributed by atoms with Crippen molar-refractivity contribution in [3.63, 3.8) is 0 Å². The molecule has 1 aliphatic heterocycles. The van der Waals surface area contributed by atoms with Crippen LogP contribution in [0.25, 0.3) is 0 Å². The monoisotopic (exact) mass is 233 g/mol. The van der Waals surface area contributed by atoms with Gasteiger partial charge in [-0.25, -0.2) is 0 Å². The van der Waals surface area contributed by atoms with Gasteiger partial charge in [0.25, 0.3) is 5.91 Å². The summed E-state index contributed by atoms with van der Waals surface area (Å²) >= 11 is 0. The topological polar surface area (TPSA) is 72.3 Å². The average molecular weight is 233 g/mol. The van der Waals surface area contributed by atoms with Gasteiger partial charge in [-0.05, 0) is 30.0 Å². The number of carbonyl (C=O) groups is 1. The van der Waals surface area contributed by atoms with Crippen LogP contribution < -0.4 is 16.4 Å². The highest BCUT2D eigenvalue weighted by molar-refractivity contribution is 5.99. The first kappa shape index (κ1) is 11.8. The minimum absolute atomic E-state index is 0.417. The number of nitrogens with zero attached hydrogens (tertiary/aromatic N) is 1. The lowest BCUT2D eigenvalue weighted by atomic mass is 10.0. The Morgan fingerprint density at radius 3 is 2.41 bits per heavy atom. The molecule has 0 radical (unpaired) electrons. The fourth-order valence-corrected chi connectivity index (χ4v) is 2.35. The Labute approximate surface area is 102 Å². The van der Waals surface area contributed by atoms with Crippen molar-refractivity contribution in [2.45, 2.75) is 13.8 Å². The lowest BCUT2D eigenvalue weighted by Gasteiger charge is -2.21. The Bertz CT molecular complexity index is 434. The van der Waals surface area contributed by atoms with Gasteiger partial charge in [0.15, 0.2) is 0 Å². The van der Waals surface area contributed by atoms with Crippen LogP contribution in [0.1, 0.15) is 24.2 Å². The van der Waals surface area contributed by atoms with Crippen LogP contribution in [0.15, 0.2) is 18.2 Å². The predicted molar refractivity (Wildman–Crippen MR) is 69.9 cm³/mol. The summed E-state index contributed by atoms with van der Waals surface area (Å²) in [4.78, 5) is 13.7. The van der Waals surface area contributed by atoms with E-state index in [1.54, 1.807) is 6.07 Å². The Hall–Kier alpha value is -1.71. The highest BCUT2D eigenvalue weighted by atomic mass is 16.1. The van der Waals surface area contributed by atoms with Crippen LogP contribution in [-0.2, 0) is 0 Å². The summed E-state index contributed by atoms with van der Waals surface area (Å²) in [6, 6.07) is 5.36. The largest absolute Gasteiger partial charge is 0.399 e. The average Bonchev–Trinajstić information content (AvgIpc) is 2.59. The van der Waals surface area contributed by atoms with E-state index in [1.807, 2.05) is 12.1 Å². The van der Waals surface area contributed by atoms with E-state index in [1.165, 1.54) is 0 Å². The third-order valence-electron chi connectivity index (χ3n) is 3.61. The van der Waals surface area contributed by atoms with Crippen molar-refractivity contribution in [2.75, 3.05) is 23.7 Å². The molecule has 0 spiro atoms. The van der Waals surface area contributed by atoms with Crippen LogP contribution in [0.4, 0.5) is 11.4 Å². The van der Waals surface area contributed by atoms with Crippen molar-refractivity contribution in [1.82, 2.24) is 0 Å². The maximum absolute atomic E-state index is 11.4. The maximum Gasteiger partial charge on any atom is 0.250 e. The van der Waals surface area contributed by atoms with Crippen molar-refractivity contribution in [3.05, 3.63) is 23.8 Å². The molecule has 2 unspecified atom stereocenters. The normalized spacial score (nSPS) is 24.0. The standard InChI is InChI=1S/C13H19N3O/c1-8-6-16(7-9(8)2)12-4-3-10(14)5-11(12)13(15)17/h3-5,8-9H,6-7,14H2,1-2H3,(H2,15,17). The minimum Gasteiger partial charge on any atom is -0.399 e. The Morgan fingerprint density at radius 2 is 1.88 bits per heavy atom. The number of hydrogen-bond donors (Lipinski definition) is 2. The number of carbonyl (C=O) groups excluding carboxylic acids is 1. The molecule has 4 nitrogen and oxygen atoms in total. The minimum atomic E-state index is -0.417. The van der Waals surface area contributed by atoms with Gasteiger partial charge in [0, 0.05) is 24.5 Å². The van der Waals surface area contributed by atoms with E-state index >= 15 is 0 Å². The van der Waals surface area contributed by atoms with Gasteiger partial charge in [-0.3, -0.25) is 4.79 Å². The van der Waals surface area contributed by atoms with Gasteiger partial charge >= 0.3 is 0 Å². The molecular formula is C13H19N3O. The number of hydrogen-bond acceptors (Lipinski definition) is 3. The molecule has 17 heavy (non-hydrogen) atoms. The molecule has 0 aliphatic carbocycles. The number of amides is 1. The van der Waals surface area contributed by atoms with Gasteiger partial charge in [0.05, 0.1) is 5.56 Å². The first-order valence-electron chi connectivity index (χ1n) is 5.93. The molecular weight excluding hydrogens is 214 g/mol. The molecule has 2 rings (SSSR count). The van der Waals surface area contributed by atoms with E-state index < -0.39 is 5.91 Å². The lowest BCUT2D eigenvalue weighted by Crippen LogP contribution is -2.24. The van der Waals surface area contributed by atoms with Crippen molar-refractivity contribution in [2.24, 2.45) is 17.6 Å². The van der Waals surface area contributed by atoms with Crippen molar-refractivity contribution in [3.8, 4) is 0 Å². The first-order chi connectivity index (χ1) is 7.99. The Kier molecular flexibility index (Phi) is 2.96. The summed E-state index contributed by atoms with van der Waals surface area (Å²) in [5.41, 5.74) is 13.1. The molecule has 1 aromatic rings. The molecule has 1 heterocycles. The van der Waals surface area contributed by atoms with Crippen molar-refractivity contribution >= 4 is 17.3 Å². The van der Waals surface area contributed by atoms with Crippen LogP contribution in [-0.4, -0.2) is 19.0 Å². The number of nitrogens with two attached hydrogens (primary N) is 2. The molecule has 0 bridgehead atoms. The molecule has 0 aromatic heterocycles. The summed E-state index contributed by atoms with van der Waals surface area (Å²) < 4.78 is 0. The van der Waals surface area contributed by atoms with E-state index in [4.69, 9.17) is 11.5 Å². The predicted octanol–water partition coefficient (Wildman–Crippen LogP) is 1.46. The fraction of sp³-hybridized carbons (Fsp3) is 0.462. The molecule has 1 aliphatic rings. The third kappa shape index (κ3) is 2.20. The molecule has 1 fully saturated rings.